The van der Waals surface area contributed by atoms with Crippen LogP contribution in [0, 0.1) is 20.2 Å². The summed E-state index contributed by atoms with van der Waals surface area (Å²) >= 11 is 5.19. The van der Waals surface area contributed by atoms with Crippen molar-refractivity contribution in [3.8, 4) is 0 Å². The number of nitro benzene ring substituents is 2. The van der Waals surface area contributed by atoms with Crippen molar-refractivity contribution in [1.29, 1.82) is 0 Å². The highest BCUT2D eigenvalue weighted by Gasteiger charge is 2.19. The molecule has 0 aliphatic carbocycles. The van der Waals surface area contributed by atoms with Crippen LogP contribution in [0.4, 0.5) is 16.2 Å². The van der Waals surface area contributed by atoms with Gasteiger partial charge in [0, 0.05) is 41.8 Å². The van der Waals surface area contributed by atoms with E-state index >= 15 is 0 Å². The predicted molar refractivity (Wildman–Crippen MR) is 85.2 cm³/mol. The van der Waals surface area contributed by atoms with Crippen molar-refractivity contribution >= 4 is 28.4 Å². The largest absolute Gasteiger partial charge is 0.453 e. The minimum absolute atomic E-state index is 0.0736. The second-order valence-corrected chi connectivity index (χ2v) is 5.11. The zero-order chi connectivity index (χ0) is 17.7. The number of hydrogen-bond donors (Lipinski definition) is 0. The Morgan fingerprint density at radius 3 is 1.58 bits per heavy atom. The Bertz CT molecular complexity index is 703. The number of carbonyl (C=O) groups excluding carboxylic acids is 1. The van der Waals surface area contributed by atoms with Crippen LogP contribution < -0.4 is 0 Å². The van der Waals surface area contributed by atoms with Gasteiger partial charge in [0.25, 0.3) is 11.4 Å². The van der Waals surface area contributed by atoms with E-state index in [1.807, 2.05) is 0 Å². The fourth-order valence-electron chi connectivity index (χ4n) is 2.19. The van der Waals surface area contributed by atoms with Crippen molar-refractivity contribution in [3.05, 3.63) is 79.9 Å². The quantitative estimate of drug-likeness (QED) is 0.442. The molecule has 0 saturated carbocycles. The summed E-state index contributed by atoms with van der Waals surface area (Å²) in [4.78, 5) is 31.3. The SMILES string of the molecule is O=C(Cl)OCC(c1ccc([N+](=O)[O-])cc1)c1ccc([N+](=O)[O-])cc1. The maximum atomic E-state index is 10.9. The second-order valence-electron chi connectivity index (χ2n) is 4.80. The van der Waals surface area contributed by atoms with Crippen LogP contribution in [0.15, 0.2) is 48.5 Å². The van der Waals surface area contributed by atoms with Crippen LogP contribution in [0.25, 0.3) is 0 Å². The molecule has 0 heterocycles. The van der Waals surface area contributed by atoms with Crippen molar-refractivity contribution in [2.45, 2.75) is 5.92 Å². The third-order valence-electron chi connectivity index (χ3n) is 3.38. The third kappa shape index (κ3) is 4.26. The fourth-order valence-corrected chi connectivity index (χ4v) is 2.25. The lowest BCUT2D eigenvalue weighted by Gasteiger charge is -2.17. The Hall–Kier alpha value is -3.00. The van der Waals surface area contributed by atoms with Crippen LogP contribution in [-0.2, 0) is 4.74 Å². The molecule has 0 atom stereocenters. The monoisotopic (exact) mass is 350 g/mol. The zero-order valence-corrected chi connectivity index (χ0v) is 12.9. The van der Waals surface area contributed by atoms with Crippen molar-refractivity contribution in [1.82, 2.24) is 0 Å². The van der Waals surface area contributed by atoms with Gasteiger partial charge in [0.2, 0.25) is 0 Å². The third-order valence-corrected chi connectivity index (χ3v) is 3.49. The van der Waals surface area contributed by atoms with E-state index in [0.717, 1.165) is 0 Å². The van der Waals surface area contributed by atoms with Crippen molar-refractivity contribution in [2.75, 3.05) is 6.61 Å². The minimum Gasteiger partial charge on any atom is -0.453 e. The molecule has 0 aromatic heterocycles. The van der Waals surface area contributed by atoms with E-state index in [9.17, 15) is 25.0 Å². The highest BCUT2D eigenvalue weighted by atomic mass is 35.5. The first-order valence-corrected chi connectivity index (χ1v) is 7.07. The van der Waals surface area contributed by atoms with E-state index in [-0.39, 0.29) is 18.0 Å². The van der Waals surface area contributed by atoms with E-state index in [4.69, 9.17) is 16.3 Å². The molecule has 2 rings (SSSR count). The normalized spacial score (nSPS) is 10.4. The molecular weight excluding hydrogens is 340 g/mol. The smallest absolute Gasteiger partial charge is 0.403 e. The van der Waals surface area contributed by atoms with Crippen LogP contribution in [0.3, 0.4) is 0 Å². The lowest BCUT2D eigenvalue weighted by Crippen LogP contribution is -2.11. The molecule has 24 heavy (non-hydrogen) atoms. The molecule has 0 saturated heterocycles. The lowest BCUT2D eigenvalue weighted by molar-refractivity contribution is -0.385. The Morgan fingerprint density at radius 2 is 1.29 bits per heavy atom. The summed E-state index contributed by atoms with van der Waals surface area (Å²) in [6.45, 7) is -0.0993. The molecule has 2 aromatic rings. The number of ether oxygens (including phenoxy) is 1. The first-order chi connectivity index (χ1) is 11.4. The number of halogens is 1. The molecule has 124 valence electrons. The lowest BCUT2D eigenvalue weighted by atomic mass is 9.92. The number of benzene rings is 2. The van der Waals surface area contributed by atoms with Gasteiger partial charge in [-0.05, 0) is 11.1 Å². The molecule has 8 nitrogen and oxygen atoms in total. The molecule has 0 aliphatic heterocycles. The molecule has 9 heteroatoms. The van der Waals surface area contributed by atoms with Crippen LogP contribution in [0.5, 0.6) is 0 Å². The second kappa shape index (κ2) is 7.51. The van der Waals surface area contributed by atoms with Gasteiger partial charge in [-0.25, -0.2) is 4.79 Å². The molecule has 2 aromatic carbocycles. The highest BCUT2D eigenvalue weighted by molar-refractivity contribution is 6.61. The van der Waals surface area contributed by atoms with Gasteiger partial charge in [0.05, 0.1) is 9.85 Å². The maximum absolute atomic E-state index is 10.9. The molecule has 0 radical (unpaired) electrons. The van der Waals surface area contributed by atoms with Gasteiger partial charge in [-0.15, -0.1) is 0 Å². The van der Waals surface area contributed by atoms with E-state index < -0.39 is 21.2 Å². The van der Waals surface area contributed by atoms with Gasteiger partial charge in [-0.2, -0.15) is 0 Å². The average molecular weight is 351 g/mol. The zero-order valence-electron chi connectivity index (χ0n) is 12.1. The summed E-state index contributed by atoms with van der Waals surface area (Å²) in [7, 11) is 0. The van der Waals surface area contributed by atoms with Gasteiger partial charge < -0.3 is 4.74 Å². The first-order valence-electron chi connectivity index (χ1n) is 6.69. The van der Waals surface area contributed by atoms with Crippen molar-refractivity contribution < 1.29 is 19.4 Å². The molecule has 0 fully saturated rings. The van der Waals surface area contributed by atoms with Crippen LogP contribution in [0.2, 0.25) is 0 Å². The van der Waals surface area contributed by atoms with Crippen LogP contribution in [-0.4, -0.2) is 21.9 Å². The maximum Gasteiger partial charge on any atom is 0.403 e. The summed E-state index contributed by atoms with van der Waals surface area (Å²) in [5.41, 5.74) is 0.162. The number of hydrogen-bond acceptors (Lipinski definition) is 6. The Labute approximate surface area is 140 Å². The van der Waals surface area contributed by atoms with Crippen molar-refractivity contribution in [3.63, 3.8) is 0 Å². The summed E-state index contributed by atoms with van der Waals surface area (Å²) in [6.07, 6.45) is 0. The number of carbonyl (C=O) groups is 1. The summed E-state index contributed by atoms with van der Waals surface area (Å²) in [6, 6.07) is 11.5. The standard InChI is InChI=1S/C15H11ClN2O6/c16-15(19)24-9-14(10-1-5-12(6-2-10)17(20)21)11-3-7-13(8-4-11)18(22)23/h1-8,14H,9H2. The number of non-ortho nitro benzene ring substituents is 2. The fraction of sp³-hybridized carbons (Fsp3) is 0.133. The Morgan fingerprint density at radius 1 is 0.917 bits per heavy atom. The molecule has 0 unspecified atom stereocenters. The van der Waals surface area contributed by atoms with Gasteiger partial charge in [0.1, 0.15) is 6.61 Å². The summed E-state index contributed by atoms with van der Waals surface area (Å²) in [5.74, 6) is -0.464. The van der Waals surface area contributed by atoms with E-state index in [1.165, 1.54) is 48.5 Å². The van der Waals surface area contributed by atoms with Gasteiger partial charge >= 0.3 is 5.43 Å². The molecule has 0 bridgehead atoms. The van der Waals surface area contributed by atoms with Crippen molar-refractivity contribution in [2.24, 2.45) is 0 Å². The summed E-state index contributed by atoms with van der Waals surface area (Å²) in [5, 5.41) is 21.4. The Balaban J connectivity index is 2.34. The molecular formula is C15H11ClN2O6. The van der Waals surface area contributed by atoms with Gasteiger partial charge in [-0.3, -0.25) is 20.2 Å². The van der Waals surface area contributed by atoms with Gasteiger partial charge in [0.15, 0.2) is 0 Å². The number of nitrogens with zero attached hydrogens (tertiary/aromatic N) is 2. The van der Waals surface area contributed by atoms with Crippen LogP contribution >= 0.6 is 11.6 Å². The minimum atomic E-state index is -0.983. The summed E-state index contributed by atoms with van der Waals surface area (Å²) < 4.78 is 4.83. The highest BCUT2D eigenvalue weighted by Crippen LogP contribution is 2.28. The van der Waals surface area contributed by atoms with Crippen LogP contribution in [0.1, 0.15) is 17.0 Å². The molecule has 0 amide bonds. The van der Waals surface area contributed by atoms with Gasteiger partial charge in [-0.1, -0.05) is 24.3 Å². The van der Waals surface area contributed by atoms with E-state index in [2.05, 4.69) is 0 Å². The average Bonchev–Trinajstić information content (AvgIpc) is 2.55. The van der Waals surface area contributed by atoms with E-state index in [0.29, 0.717) is 11.1 Å². The number of rotatable bonds is 6. The molecule has 0 spiro atoms. The Kier molecular flexibility index (Phi) is 5.43. The molecule has 0 aliphatic rings. The molecule has 0 N–H and O–H groups in total. The topological polar surface area (TPSA) is 113 Å². The first kappa shape index (κ1) is 17.4. The van der Waals surface area contributed by atoms with E-state index in [1.54, 1.807) is 0 Å². The number of nitro groups is 2. The predicted octanol–water partition coefficient (Wildman–Crippen LogP) is 4.01.